The second-order valence-electron chi connectivity index (χ2n) is 10.00. The summed E-state index contributed by atoms with van der Waals surface area (Å²) in [6, 6.07) is 5.23. The summed E-state index contributed by atoms with van der Waals surface area (Å²) in [5, 5.41) is 22.7. The first-order valence-electron chi connectivity index (χ1n) is 12.4. The maximum Gasteiger partial charge on any atom is 0.271 e. The molecule has 0 aromatic carbocycles. The number of aromatic amines is 1. The van der Waals surface area contributed by atoms with Gasteiger partial charge in [-0.05, 0) is 25.0 Å². The maximum atomic E-state index is 12.8. The topological polar surface area (TPSA) is 146 Å². The van der Waals surface area contributed by atoms with Crippen LogP contribution in [-0.2, 0) is 11.3 Å². The Morgan fingerprint density at radius 3 is 2.75 bits per heavy atom. The lowest BCUT2D eigenvalue weighted by Gasteiger charge is -2.21. The van der Waals surface area contributed by atoms with Crippen LogP contribution in [0.4, 0.5) is 17.3 Å². The molecule has 3 aromatic rings. The molecule has 3 heterocycles. The SMILES string of the molecule is CNc1cc(Nc2ccc(COC3CCCCC3)[nH]c2=O)nc2c(C(=O)NCC(C)(C)CO)cnn12. The highest BCUT2D eigenvalue weighted by molar-refractivity contribution is 6.00. The number of aliphatic hydroxyl groups is 1. The Hall–Kier alpha value is -3.44. The molecule has 36 heavy (non-hydrogen) atoms. The molecule has 0 unspecified atom stereocenters. The Kier molecular flexibility index (Phi) is 7.90. The molecule has 0 radical (unpaired) electrons. The molecule has 0 aliphatic heterocycles. The zero-order chi connectivity index (χ0) is 25.7. The molecular formula is C25H35N7O4. The van der Waals surface area contributed by atoms with Crippen molar-refractivity contribution in [3.05, 3.63) is 46.0 Å². The predicted molar refractivity (Wildman–Crippen MR) is 138 cm³/mol. The number of fused-ring (bicyclic) bond motifs is 1. The lowest BCUT2D eigenvalue weighted by Crippen LogP contribution is -2.36. The first-order valence-corrected chi connectivity index (χ1v) is 12.4. The van der Waals surface area contributed by atoms with Crippen molar-refractivity contribution in [3.8, 4) is 0 Å². The van der Waals surface area contributed by atoms with Gasteiger partial charge in [-0.15, -0.1) is 0 Å². The third-order valence-corrected chi connectivity index (χ3v) is 6.39. The zero-order valence-corrected chi connectivity index (χ0v) is 21.1. The minimum Gasteiger partial charge on any atom is -0.396 e. The maximum absolute atomic E-state index is 12.8. The van der Waals surface area contributed by atoms with E-state index in [0.717, 1.165) is 18.5 Å². The lowest BCUT2D eigenvalue weighted by atomic mass is 9.95. The third kappa shape index (κ3) is 6.03. The Morgan fingerprint density at radius 1 is 1.28 bits per heavy atom. The van der Waals surface area contributed by atoms with Crippen LogP contribution in [0.5, 0.6) is 0 Å². The van der Waals surface area contributed by atoms with Gasteiger partial charge in [0, 0.05) is 37.4 Å². The quantitative estimate of drug-likeness (QED) is 0.287. The van der Waals surface area contributed by atoms with Crippen LogP contribution >= 0.6 is 0 Å². The summed E-state index contributed by atoms with van der Waals surface area (Å²) in [6.07, 6.45) is 7.49. The summed E-state index contributed by atoms with van der Waals surface area (Å²) in [5.41, 5.74) is 0.918. The first-order chi connectivity index (χ1) is 17.3. The van der Waals surface area contributed by atoms with Gasteiger partial charge in [0.2, 0.25) is 0 Å². The van der Waals surface area contributed by atoms with Gasteiger partial charge >= 0.3 is 0 Å². The molecule has 0 spiro atoms. The number of aliphatic hydroxyl groups excluding tert-OH is 1. The smallest absolute Gasteiger partial charge is 0.271 e. The summed E-state index contributed by atoms with van der Waals surface area (Å²) < 4.78 is 7.48. The van der Waals surface area contributed by atoms with E-state index in [1.807, 2.05) is 19.9 Å². The highest BCUT2D eigenvalue weighted by Crippen LogP contribution is 2.23. The van der Waals surface area contributed by atoms with Crippen molar-refractivity contribution >= 4 is 28.9 Å². The molecule has 194 valence electrons. The number of rotatable bonds is 10. The van der Waals surface area contributed by atoms with Crippen molar-refractivity contribution < 1.29 is 14.6 Å². The highest BCUT2D eigenvalue weighted by atomic mass is 16.5. The Balaban J connectivity index is 1.51. The number of carbonyl (C=O) groups is 1. The van der Waals surface area contributed by atoms with Gasteiger partial charge in [-0.2, -0.15) is 9.61 Å². The van der Waals surface area contributed by atoms with Crippen LogP contribution in [0.2, 0.25) is 0 Å². The van der Waals surface area contributed by atoms with Crippen LogP contribution < -0.4 is 21.5 Å². The van der Waals surface area contributed by atoms with Crippen molar-refractivity contribution in [1.82, 2.24) is 24.9 Å². The Labute approximate surface area is 209 Å². The molecule has 4 rings (SSSR count). The first kappa shape index (κ1) is 25.6. The van der Waals surface area contributed by atoms with Crippen molar-refractivity contribution in [3.63, 3.8) is 0 Å². The number of nitrogens with zero attached hydrogens (tertiary/aromatic N) is 3. The number of anilines is 3. The number of hydrogen-bond acceptors (Lipinski definition) is 8. The summed E-state index contributed by atoms with van der Waals surface area (Å²) >= 11 is 0. The van der Waals surface area contributed by atoms with E-state index in [4.69, 9.17) is 4.74 Å². The molecule has 1 aliphatic rings. The normalized spacial score (nSPS) is 14.7. The van der Waals surface area contributed by atoms with Gasteiger partial charge in [0.15, 0.2) is 5.65 Å². The van der Waals surface area contributed by atoms with Gasteiger partial charge in [0.1, 0.15) is 22.9 Å². The van der Waals surface area contributed by atoms with Crippen molar-refractivity contribution in [2.24, 2.45) is 5.41 Å². The van der Waals surface area contributed by atoms with E-state index in [2.05, 4.69) is 31.0 Å². The van der Waals surface area contributed by atoms with Gasteiger partial charge in [-0.1, -0.05) is 33.1 Å². The second-order valence-corrected chi connectivity index (χ2v) is 10.00. The molecular weight excluding hydrogens is 462 g/mol. The highest BCUT2D eigenvalue weighted by Gasteiger charge is 2.21. The second kappa shape index (κ2) is 11.1. The molecule has 11 heteroatoms. The standard InChI is InChI=1S/C25H35N7O4/c1-25(2,15-33)14-27-23(34)18-12-28-32-21(26-3)11-20(31-22(18)32)30-19-10-9-16(29-24(19)35)13-36-17-7-5-4-6-8-17/h9-12,17,26,33H,4-8,13-15H2,1-3H3,(H,27,34)(H,29,35)(H,30,31). The molecule has 1 aliphatic carbocycles. The number of ether oxygens (including phenoxy) is 1. The molecule has 0 saturated heterocycles. The van der Waals surface area contributed by atoms with Crippen LogP contribution in [0.3, 0.4) is 0 Å². The Bertz CT molecular complexity index is 1260. The fraction of sp³-hybridized carbons (Fsp3) is 0.520. The monoisotopic (exact) mass is 497 g/mol. The van der Waals surface area contributed by atoms with Crippen LogP contribution in [-0.4, -0.2) is 56.9 Å². The molecule has 1 saturated carbocycles. The minimum absolute atomic E-state index is 0.0572. The van der Waals surface area contributed by atoms with Gasteiger partial charge in [-0.3, -0.25) is 9.59 Å². The molecule has 1 amide bonds. The number of nitrogens with one attached hydrogen (secondary N) is 4. The van der Waals surface area contributed by atoms with Crippen molar-refractivity contribution in [2.75, 3.05) is 30.8 Å². The largest absolute Gasteiger partial charge is 0.396 e. The van der Waals surface area contributed by atoms with Crippen molar-refractivity contribution in [2.45, 2.75) is 58.7 Å². The van der Waals surface area contributed by atoms with Crippen LogP contribution in [0, 0.1) is 5.41 Å². The van der Waals surface area contributed by atoms with Gasteiger partial charge < -0.3 is 30.8 Å². The lowest BCUT2D eigenvalue weighted by molar-refractivity contribution is 0.0152. The predicted octanol–water partition coefficient (Wildman–Crippen LogP) is 2.80. The molecule has 5 N–H and O–H groups in total. The average Bonchev–Trinajstić information content (AvgIpc) is 3.32. The van der Waals surface area contributed by atoms with Gasteiger partial charge in [-0.25, -0.2) is 4.98 Å². The van der Waals surface area contributed by atoms with Crippen LogP contribution in [0.15, 0.2) is 29.2 Å². The van der Waals surface area contributed by atoms with E-state index in [1.165, 1.54) is 30.0 Å². The van der Waals surface area contributed by atoms with E-state index in [0.29, 0.717) is 36.1 Å². The van der Waals surface area contributed by atoms with Crippen LogP contribution in [0.25, 0.3) is 5.65 Å². The number of carbonyl (C=O) groups excluding carboxylic acids is 1. The van der Waals surface area contributed by atoms with Crippen molar-refractivity contribution in [1.29, 1.82) is 0 Å². The number of pyridine rings is 1. The van der Waals surface area contributed by atoms with E-state index in [-0.39, 0.29) is 29.7 Å². The number of aromatic nitrogens is 4. The summed E-state index contributed by atoms with van der Waals surface area (Å²) in [6.45, 7) is 4.32. The molecule has 1 fully saturated rings. The summed E-state index contributed by atoms with van der Waals surface area (Å²) in [4.78, 5) is 33.0. The number of H-pyrrole nitrogens is 1. The van der Waals surface area contributed by atoms with E-state index >= 15 is 0 Å². The minimum atomic E-state index is -0.455. The van der Waals surface area contributed by atoms with E-state index in [1.54, 1.807) is 19.2 Å². The van der Waals surface area contributed by atoms with E-state index in [9.17, 15) is 14.7 Å². The number of amides is 1. The molecule has 0 atom stereocenters. The number of hydrogen-bond donors (Lipinski definition) is 5. The fourth-order valence-corrected chi connectivity index (χ4v) is 4.11. The summed E-state index contributed by atoms with van der Waals surface area (Å²) in [5.74, 6) is 0.623. The molecule has 3 aromatic heterocycles. The van der Waals surface area contributed by atoms with Crippen LogP contribution in [0.1, 0.15) is 62.0 Å². The average molecular weight is 498 g/mol. The fourth-order valence-electron chi connectivity index (χ4n) is 4.11. The Morgan fingerprint density at radius 2 is 2.06 bits per heavy atom. The van der Waals surface area contributed by atoms with Gasteiger partial charge in [0.05, 0.1) is 18.9 Å². The third-order valence-electron chi connectivity index (χ3n) is 6.39. The molecule has 0 bridgehead atoms. The summed E-state index contributed by atoms with van der Waals surface area (Å²) in [7, 11) is 1.73. The zero-order valence-electron chi connectivity index (χ0n) is 21.1. The van der Waals surface area contributed by atoms with E-state index < -0.39 is 5.41 Å². The molecule has 11 nitrogen and oxygen atoms in total. The van der Waals surface area contributed by atoms with Gasteiger partial charge in [0.25, 0.3) is 11.5 Å².